The number of rotatable bonds is 4. The quantitative estimate of drug-likeness (QED) is 0.700. The summed E-state index contributed by atoms with van der Waals surface area (Å²) in [5, 5.41) is 0. The third-order valence-corrected chi connectivity index (χ3v) is 1.81. The zero-order valence-corrected chi connectivity index (χ0v) is 7.41. The summed E-state index contributed by atoms with van der Waals surface area (Å²) in [4.78, 5) is 0. The molecule has 1 aromatic carbocycles. The molecule has 0 aliphatic heterocycles. The Balaban J connectivity index is 2.67. The molecular weight excluding hydrogens is 174 g/mol. The Bertz CT molecular complexity index is 236. The van der Waals surface area contributed by atoms with Crippen molar-refractivity contribution in [3.8, 4) is 0 Å². The lowest BCUT2D eigenvalue weighted by Crippen LogP contribution is -2.07. The van der Waals surface area contributed by atoms with Crippen LogP contribution in [0.2, 0.25) is 0 Å². The Labute approximate surface area is 76.3 Å². The third-order valence-electron chi connectivity index (χ3n) is 1.81. The van der Waals surface area contributed by atoms with Crippen molar-refractivity contribution in [1.82, 2.24) is 0 Å². The van der Waals surface area contributed by atoms with Gasteiger partial charge in [0.05, 0.1) is 6.10 Å². The lowest BCUT2D eigenvalue weighted by Gasteiger charge is -2.15. The number of halogens is 2. The second-order valence-electron chi connectivity index (χ2n) is 2.70. The molecule has 0 spiro atoms. The maximum absolute atomic E-state index is 11.9. The predicted molar refractivity (Wildman–Crippen MR) is 46.6 cm³/mol. The highest BCUT2D eigenvalue weighted by Gasteiger charge is 2.14. The van der Waals surface area contributed by atoms with Crippen molar-refractivity contribution in [3.05, 3.63) is 35.9 Å². The number of hydrogen-bond donors (Lipinski definition) is 0. The molecule has 0 aromatic heterocycles. The molecule has 0 aliphatic carbocycles. The summed E-state index contributed by atoms with van der Waals surface area (Å²) in [5.74, 6) is 0. The molecule has 0 heterocycles. The van der Waals surface area contributed by atoms with E-state index in [-0.39, 0.29) is 0 Å². The zero-order chi connectivity index (χ0) is 9.68. The summed E-state index contributed by atoms with van der Waals surface area (Å²) in [6.07, 6.45) is 0.0511. The normalized spacial score (nSPS) is 13.2. The molecule has 0 saturated carbocycles. The highest BCUT2D eigenvalue weighted by Crippen LogP contribution is 2.22. The van der Waals surface area contributed by atoms with Crippen LogP contribution in [-0.4, -0.2) is 6.61 Å². The van der Waals surface area contributed by atoms with E-state index >= 15 is 0 Å². The average Bonchev–Trinajstić information content (AvgIpc) is 2.15. The van der Waals surface area contributed by atoms with Gasteiger partial charge < -0.3 is 4.74 Å². The first-order chi connectivity index (χ1) is 6.24. The molecule has 0 N–H and O–H groups in total. The van der Waals surface area contributed by atoms with Crippen LogP contribution < -0.4 is 0 Å². The minimum absolute atomic E-state index is 0.499. The Morgan fingerprint density at radius 3 is 2.31 bits per heavy atom. The summed E-state index contributed by atoms with van der Waals surface area (Å²) >= 11 is 0. The topological polar surface area (TPSA) is 9.23 Å². The third kappa shape index (κ3) is 3.11. The largest absolute Gasteiger partial charge is 0.345 e. The molecule has 1 rings (SSSR count). The maximum Gasteiger partial charge on any atom is 0.345 e. The van der Waals surface area contributed by atoms with Crippen LogP contribution in [0, 0.1) is 0 Å². The zero-order valence-electron chi connectivity index (χ0n) is 7.41. The Morgan fingerprint density at radius 2 is 1.85 bits per heavy atom. The number of alkyl halides is 2. The molecule has 3 heteroatoms. The van der Waals surface area contributed by atoms with Gasteiger partial charge in [0.25, 0.3) is 0 Å². The summed E-state index contributed by atoms with van der Waals surface area (Å²) in [5.41, 5.74) is 0.797. The molecular formula is C10H12F2O. The van der Waals surface area contributed by atoms with Gasteiger partial charge in [0.15, 0.2) is 0 Å². The van der Waals surface area contributed by atoms with Crippen molar-refractivity contribution >= 4 is 0 Å². The van der Waals surface area contributed by atoms with E-state index in [9.17, 15) is 8.78 Å². The second kappa shape index (κ2) is 4.92. The van der Waals surface area contributed by atoms with Gasteiger partial charge in [-0.1, -0.05) is 37.3 Å². The van der Waals surface area contributed by atoms with E-state index in [0.29, 0.717) is 6.42 Å². The smallest absolute Gasteiger partial charge is 0.315 e. The van der Waals surface area contributed by atoms with Gasteiger partial charge in [-0.2, -0.15) is 8.78 Å². The Morgan fingerprint density at radius 1 is 1.23 bits per heavy atom. The van der Waals surface area contributed by atoms with E-state index in [4.69, 9.17) is 0 Å². The molecule has 1 unspecified atom stereocenters. The Kier molecular flexibility index (Phi) is 3.83. The monoisotopic (exact) mass is 186 g/mol. The molecule has 0 bridgehead atoms. The SMILES string of the molecule is CCC(OC(F)F)c1ccccc1. The molecule has 1 nitrogen and oxygen atoms in total. The minimum Gasteiger partial charge on any atom is -0.315 e. The molecule has 0 aliphatic rings. The van der Waals surface area contributed by atoms with Crippen LogP contribution in [0.25, 0.3) is 0 Å². The van der Waals surface area contributed by atoms with E-state index in [1.165, 1.54) is 0 Å². The van der Waals surface area contributed by atoms with Crippen molar-refractivity contribution in [2.75, 3.05) is 0 Å². The molecule has 0 radical (unpaired) electrons. The van der Waals surface area contributed by atoms with Crippen molar-refractivity contribution < 1.29 is 13.5 Å². The fraction of sp³-hybridized carbons (Fsp3) is 0.400. The summed E-state index contributed by atoms with van der Waals surface area (Å²) in [7, 11) is 0. The van der Waals surface area contributed by atoms with Crippen molar-refractivity contribution in [2.45, 2.75) is 26.1 Å². The van der Waals surface area contributed by atoms with Gasteiger partial charge in [0.2, 0.25) is 0 Å². The first-order valence-corrected chi connectivity index (χ1v) is 4.22. The summed E-state index contributed by atoms with van der Waals surface area (Å²) < 4.78 is 28.3. The summed E-state index contributed by atoms with van der Waals surface area (Å²) in [6, 6.07) is 9.05. The van der Waals surface area contributed by atoms with Gasteiger partial charge in [-0.3, -0.25) is 0 Å². The first kappa shape index (κ1) is 10.1. The average molecular weight is 186 g/mol. The van der Waals surface area contributed by atoms with Gasteiger partial charge in [0, 0.05) is 0 Å². The minimum atomic E-state index is -2.70. The van der Waals surface area contributed by atoms with E-state index in [1.54, 1.807) is 12.1 Å². The fourth-order valence-electron chi connectivity index (χ4n) is 1.20. The molecule has 0 saturated heterocycles. The van der Waals surface area contributed by atoms with E-state index < -0.39 is 12.7 Å². The van der Waals surface area contributed by atoms with Crippen molar-refractivity contribution in [1.29, 1.82) is 0 Å². The van der Waals surface area contributed by atoms with Crippen molar-refractivity contribution in [2.24, 2.45) is 0 Å². The van der Waals surface area contributed by atoms with Crippen LogP contribution >= 0.6 is 0 Å². The predicted octanol–water partition coefficient (Wildman–Crippen LogP) is 3.38. The fourth-order valence-corrected chi connectivity index (χ4v) is 1.20. The molecule has 1 aromatic rings. The van der Waals surface area contributed by atoms with Gasteiger partial charge >= 0.3 is 6.61 Å². The molecule has 0 amide bonds. The standard InChI is InChI=1S/C10H12F2O/c1-2-9(13-10(11)12)8-6-4-3-5-7-8/h3-7,9-10H,2H2,1H3. The van der Waals surface area contributed by atoms with Gasteiger partial charge in [-0.25, -0.2) is 0 Å². The van der Waals surface area contributed by atoms with E-state index in [0.717, 1.165) is 5.56 Å². The molecule has 0 fully saturated rings. The highest BCUT2D eigenvalue weighted by molar-refractivity contribution is 5.17. The van der Waals surface area contributed by atoms with Crippen LogP contribution in [0.3, 0.4) is 0 Å². The summed E-state index contributed by atoms with van der Waals surface area (Å²) in [6.45, 7) is -0.884. The number of benzene rings is 1. The highest BCUT2D eigenvalue weighted by atomic mass is 19.3. The van der Waals surface area contributed by atoms with Crippen LogP contribution in [0.15, 0.2) is 30.3 Å². The number of hydrogen-bond acceptors (Lipinski definition) is 1. The second-order valence-corrected chi connectivity index (χ2v) is 2.70. The number of ether oxygens (including phenoxy) is 1. The van der Waals surface area contributed by atoms with Crippen LogP contribution in [0.5, 0.6) is 0 Å². The van der Waals surface area contributed by atoms with Crippen molar-refractivity contribution in [3.63, 3.8) is 0 Å². The van der Waals surface area contributed by atoms with Gasteiger partial charge in [-0.05, 0) is 12.0 Å². The first-order valence-electron chi connectivity index (χ1n) is 4.22. The van der Waals surface area contributed by atoms with Crippen LogP contribution in [0.4, 0.5) is 8.78 Å². The molecule has 72 valence electrons. The van der Waals surface area contributed by atoms with Crippen LogP contribution in [-0.2, 0) is 4.74 Å². The van der Waals surface area contributed by atoms with E-state index in [1.807, 2.05) is 25.1 Å². The maximum atomic E-state index is 11.9. The molecule has 1 atom stereocenters. The lowest BCUT2D eigenvalue weighted by molar-refractivity contribution is -0.165. The molecule has 13 heavy (non-hydrogen) atoms. The lowest BCUT2D eigenvalue weighted by atomic mass is 10.1. The Hall–Kier alpha value is -0.960. The van der Waals surface area contributed by atoms with Gasteiger partial charge in [0.1, 0.15) is 0 Å². The van der Waals surface area contributed by atoms with Gasteiger partial charge in [-0.15, -0.1) is 0 Å². The van der Waals surface area contributed by atoms with E-state index in [2.05, 4.69) is 4.74 Å². The van der Waals surface area contributed by atoms with Crippen LogP contribution in [0.1, 0.15) is 25.0 Å².